The van der Waals surface area contributed by atoms with Crippen molar-refractivity contribution < 1.29 is 0 Å². The molecule has 0 spiro atoms. The minimum absolute atomic E-state index is 0.583. The molecule has 0 heterocycles. The lowest BCUT2D eigenvalue weighted by atomic mass is 10.3. The molecule has 10 heavy (non-hydrogen) atoms. The molecule has 0 unspecified atom stereocenters. The molecule has 0 aromatic rings. The number of hydrogen-bond donors (Lipinski definition) is 4. The number of nitrogens with two attached hydrogens (primary N) is 4. The maximum atomic E-state index is 5.09. The molecule has 0 aliphatic rings. The lowest BCUT2D eigenvalue weighted by Crippen LogP contribution is -2.57. The van der Waals surface area contributed by atoms with Crippen molar-refractivity contribution in [2.24, 2.45) is 22.9 Å². The Labute approximate surface area is 62.2 Å². The van der Waals surface area contributed by atoms with E-state index in [9.17, 15) is 0 Å². The van der Waals surface area contributed by atoms with Gasteiger partial charge in [-0.05, 0) is 6.42 Å². The first-order valence-corrected chi connectivity index (χ1v) is 3.15. The molecule has 4 nitrogen and oxygen atoms in total. The molecule has 8 N–H and O–H groups in total. The van der Waals surface area contributed by atoms with E-state index in [0.717, 1.165) is 0 Å². The fourth-order valence-corrected chi connectivity index (χ4v) is 0. The van der Waals surface area contributed by atoms with Gasteiger partial charge in [0.15, 0.2) is 0 Å². The van der Waals surface area contributed by atoms with E-state index >= 15 is 0 Å². The second-order valence-corrected chi connectivity index (χ2v) is 1.99. The summed E-state index contributed by atoms with van der Waals surface area (Å²) in [6.07, 6.45) is 2.26. The highest BCUT2D eigenvalue weighted by Crippen LogP contribution is 1.81. The number of rotatable bonds is 2. The average molecular weight is 146 g/mol. The van der Waals surface area contributed by atoms with Crippen molar-refractivity contribution >= 4 is 0 Å². The van der Waals surface area contributed by atoms with E-state index in [4.69, 9.17) is 22.9 Å². The summed E-state index contributed by atoms with van der Waals surface area (Å²) in [5.41, 5.74) is 20.2. The third kappa shape index (κ3) is 25.6. The predicted octanol–water partition coefficient (Wildman–Crippen LogP) is -0.943. The molecule has 0 fully saturated rings. The molecule has 0 aromatic carbocycles. The Morgan fingerprint density at radius 1 is 1.40 bits per heavy atom. The van der Waals surface area contributed by atoms with Gasteiger partial charge >= 0.3 is 0 Å². The van der Waals surface area contributed by atoms with Crippen LogP contribution in [0.3, 0.4) is 0 Å². The van der Waals surface area contributed by atoms with E-state index < -0.39 is 5.79 Å². The Hall–Kier alpha value is -0.420. The van der Waals surface area contributed by atoms with Crippen molar-refractivity contribution in [2.45, 2.75) is 19.1 Å². The van der Waals surface area contributed by atoms with Crippen molar-refractivity contribution in [3.63, 3.8) is 0 Å². The van der Waals surface area contributed by atoms with Crippen LogP contribution >= 0.6 is 0 Å². The van der Waals surface area contributed by atoms with Gasteiger partial charge in [0.1, 0.15) is 5.79 Å². The van der Waals surface area contributed by atoms with Crippen LogP contribution in [-0.4, -0.2) is 12.3 Å². The number of hydrogen-bond acceptors (Lipinski definition) is 4. The minimum Gasteiger partial charge on any atom is -0.327 e. The highest BCUT2D eigenvalue weighted by atomic mass is 15.1. The topological polar surface area (TPSA) is 104 Å². The fraction of sp³-hybridized carbons (Fsp3) is 0.667. The third-order valence-corrected chi connectivity index (χ3v) is 0.779. The van der Waals surface area contributed by atoms with Gasteiger partial charge in [0, 0.05) is 6.54 Å². The summed E-state index contributed by atoms with van der Waals surface area (Å²) in [4.78, 5) is 0. The van der Waals surface area contributed by atoms with Gasteiger partial charge in [-0.3, -0.25) is 0 Å². The SMILES string of the molecule is C=CCN.CCC(N)(N)N. The zero-order chi connectivity index (χ0) is 8.62. The summed E-state index contributed by atoms with van der Waals surface area (Å²) >= 11 is 0. The van der Waals surface area contributed by atoms with Crippen LogP contribution in [0.2, 0.25) is 0 Å². The molecule has 4 heteroatoms. The van der Waals surface area contributed by atoms with Crippen LogP contribution in [0.4, 0.5) is 0 Å². The average Bonchev–Trinajstić information content (AvgIpc) is 1.87. The standard InChI is InChI=1S/C3H11N3.C3H7N/c1-2-3(4,5)6;1-2-3-4/h2,4-6H2,1H3;2H,1,3-4H2. The smallest absolute Gasteiger partial charge is 0.115 e. The van der Waals surface area contributed by atoms with E-state index in [1.54, 1.807) is 6.08 Å². The normalized spacial score (nSPS) is 9.70. The molecule has 0 radical (unpaired) electrons. The van der Waals surface area contributed by atoms with Crippen LogP contribution in [-0.2, 0) is 0 Å². The minimum atomic E-state index is -0.958. The highest BCUT2D eigenvalue weighted by molar-refractivity contribution is 4.64. The van der Waals surface area contributed by atoms with Crippen molar-refractivity contribution in [3.05, 3.63) is 12.7 Å². The summed E-state index contributed by atoms with van der Waals surface area (Å²) in [7, 11) is 0. The largest absolute Gasteiger partial charge is 0.327 e. The van der Waals surface area contributed by atoms with Crippen LogP contribution in [0, 0.1) is 0 Å². The molecule has 62 valence electrons. The summed E-state index contributed by atoms with van der Waals surface area (Å²) in [6.45, 7) is 5.77. The van der Waals surface area contributed by atoms with Gasteiger partial charge in [-0.2, -0.15) is 0 Å². The highest BCUT2D eigenvalue weighted by Gasteiger charge is 2.04. The Balaban J connectivity index is 0. The molecule has 0 aliphatic carbocycles. The Morgan fingerprint density at radius 2 is 1.60 bits per heavy atom. The Morgan fingerprint density at radius 3 is 1.60 bits per heavy atom. The molecule has 0 atom stereocenters. The second kappa shape index (κ2) is 6.70. The zero-order valence-corrected chi connectivity index (χ0v) is 6.51. The van der Waals surface area contributed by atoms with Crippen LogP contribution < -0.4 is 22.9 Å². The monoisotopic (exact) mass is 146 g/mol. The quantitative estimate of drug-likeness (QED) is 0.298. The Kier molecular flexibility index (Phi) is 8.22. The fourth-order valence-electron chi connectivity index (χ4n) is 0. The van der Waals surface area contributed by atoms with Crippen LogP contribution in [0.5, 0.6) is 0 Å². The summed E-state index contributed by atoms with van der Waals surface area (Å²) in [6, 6.07) is 0. The van der Waals surface area contributed by atoms with E-state index in [2.05, 4.69) is 6.58 Å². The molecule has 0 amide bonds. The summed E-state index contributed by atoms with van der Waals surface area (Å²) in [5, 5.41) is 0. The van der Waals surface area contributed by atoms with Gasteiger partial charge in [0.2, 0.25) is 0 Å². The van der Waals surface area contributed by atoms with Crippen molar-refractivity contribution in [1.82, 2.24) is 0 Å². The maximum Gasteiger partial charge on any atom is 0.115 e. The van der Waals surface area contributed by atoms with Gasteiger partial charge in [0.25, 0.3) is 0 Å². The lowest BCUT2D eigenvalue weighted by Gasteiger charge is -2.13. The van der Waals surface area contributed by atoms with E-state index in [1.165, 1.54) is 0 Å². The van der Waals surface area contributed by atoms with Crippen LogP contribution in [0.15, 0.2) is 12.7 Å². The molecule has 0 saturated heterocycles. The van der Waals surface area contributed by atoms with Crippen LogP contribution in [0.25, 0.3) is 0 Å². The third-order valence-electron chi connectivity index (χ3n) is 0.779. The first-order chi connectivity index (χ1) is 4.47. The predicted molar refractivity (Wildman–Crippen MR) is 44.8 cm³/mol. The van der Waals surface area contributed by atoms with E-state index in [-0.39, 0.29) is 0 Å². The van der Waals surface area contributed by atoms with Gasteiger partial charge < -0.3 is 22.9 Å². The second-order valence-electron chi connectivity index (χ2n) is 1.99. The van der Waals surface area contributed by atoms with Crippen LogP contribution in [0.1, 0.15) is 13.3 Å². The molecule has 0 bridgehead atoms. The molecular weight excluding hydrogens is 128 g/mol. The van der Waals surface area contributed by atoms with Crippen molar-refractivity contribution in [2.75, 3.05) is 6.54 Å². The lowest BCUT2D eigenvalue weighted by molar-refractivity contribution is 0.446. The molecule has 0 saturated carbocycles. The Bertz CT molecular complexity index is 74.3. The van der Waals surface area contributed by atoms with E-state index in [1.807, 2.05) is 6.92 Å². The van der Waals surface area contributed by atoms with E-state index in [0.29, 0.717) is 13.0 Å². The first kappa shape index (κ1) is 12.3. The summed E-state index contributed by atoms with van der Waals surface area (Å²) < 4.78 is 0. The molecule has 0 aliphatic heterocycles. The maximum absolute atomic E-state index is 5.09. The summed E-state index contributed by atoms with van der Waals surface area (Å²) in [5.74, 6) is -0.958. The van der Waals surface area contributed by atoms with Crippen molar-refractivity contribution in [3.8, 4) is 0 Å². The van der Waals surface area contributed by atoms with Gasteiger partial charge in [-0.1, -0.05) is 13.0 Å². The molecular formula is C6H18N4. The van der Waals surface area contributed by atoms with Gasteiger partial charge in [0.05, 0.1) is 0 Å². The van der Waals surface area contributed by atoms with Gasteiger partial charge in [-0.15, -0.1) is 6.58 Å². The first-order valence-electron chi connectivity index (χ1n) is 3.15. The molecule has 0 aromatic heterocycles. The van der Waals surface area contributed by atoms with Crippen molar-refractivity contribution in [1.29, 1.82) is 0 Å². The van der Waals surface area contributed by atoms with Gasteiger partial charge in [-0.25, -0.2) is 0 Å². The zero-order valence-electron chi connectivity index (χ0n) is 6.51. The molecule has 0 rings (SSSR count).